The number of rotatable bonds is 6. The molecule has 2 rings (SSSR count). The van der Waals surface area contributed by atoms with Gasteiger partial charge in [-0.25, -0.2) is 12.8 Å². The van der Waals surface area contributed by atoms with Crippen molar-refractivity contribution in [2.45, 2.75) is 4.90 Å². The van der Waals surface area contributed by atoms with E-state index in [0.29, 0.717) is 10.8 Å². The summed E-state index contributed by atoms with van der Waals surface area (Å²) in [5, 5.41) is 0.160. The first-order valence-corrected chi connectivity index (χ1v) is 8.66. The van der Waals surface area contributed by atoms with Crippen LogP contribution in [-0.2, 0) is 14.8 Å². The van der Waals surface area contributed by atoms with E-state index in [4.69, 9.17) is 27.9 Å². The highest BCUT2D eigenvalue weighted by Gasteiger charge is 2.17. The van der Waals surface area contributed by atoms with E-state index < -0.39 is 28.4 Å². The third-order valence-electron chi connectivity index (χ3n) is 2.71. The normalized spacial score (nSPS) is 11.1. The summed E-state index contributed by atoms with van der Waals surface area (Å²) in [6, 6.07) is 9.12. The van der Waals surface area contributed by atoms with E-state index in [1.54, 1.807) is 24.3 Å². The van der Waals surface area contributed by atoms with Gasteiger partial charge in [-0.1, -0.05) is 23.2 Å². The average molecular weight is 393 g/mol. The van der Waals surface area contributed by atoms with Crippen molar-refractivity contribution in [3.63, 3.8) is 0 Å². The number of hydrogen-bond donors (Lipinski definition) is 2. The van der Waals surface area contributed by atoms with Gasteiger partial charge in [0, 0.05) is 5.02 Å². The van der Waals surface area contributed by atoms with Crippen molar-refractivity contribution in [3.8, 4) is 5.75 Å². The molecule has 0 fully saturated rings. The maximum absolute atomic E-state index is 13.0. The number of hydrazine groups is 1. The van der Waals surface area contributed by atoms with Crippen molar-refractivity contribution in [3.05, 3.63) is 58.3 Å². The summed E-state index contributed by atoms with van der Waals surface area (Å²) < 4.78 is 42.1. The van der Waals surface area contributed by atoms with Gasteiger partial charge in [-0.3, -0.25) is 10.2 Å². The maximum atomic E-state index is 13.0. The van der Waals surface area contributed by atoms with Gasteiger partial charge in [0.2, 0.25) is 0 Å². The molecule has 6 nitrogen and oxygen atoms in total. The summed E-state index contributed by atoms with van der Waals surface area (Å²) in [5.74, 6) is -1.10. The molecular formula is C14H11Cl2FN2O4S. The lowest BCUT2D eigenvalue weighted by Gasteiger charge is -2.10. The largest absolute Gasteiger partial charge is 0.484 e. The van der Waals surface area contributed by atoms with E-state index in [2.05, 4.69) is 0 Å². The van der Waals surface area contributed by atoms with Gasteiger partial charge >= 0.3 is 0 Å². The molecule has 0 spiro atoms. The molecule has 0 aliphatic heterocycles. The van der Waals surface area contributed by atoms with Crippen LogP contribution in [0.2, 0.25) is 10.0 Å². The molecule has 0 aliphatic rings. The zero-order chi connectivity index (χ0) is 17.7. The molecule has 24 heavy (non-hydrogen) atoms. The number of benzene rings is 2. The van der Waals surface area contributed by atoms with Crippen LogP contribution >= 0.6 is 23.2 Å². The van der Waals surface area contributed by atoms with Crippen LogP contribution in [0.15, 0.2) is 47.4 Å². The number of sulfonamides is 1. The predicted octanol–water partition coefficient (Wildman–Crippen LogP) is 2.52. The number of nitrogens with one attached hydrogen (secondary N) is 2. The summed E-state index contributed by atoms with van der Waals surface area (Å²) in [6.45, 7) is -0.422. The highest BCUT2D eigenvalue weighted by Crippen LogP contribution is 2.19. The minimum Gasteiger partial charge on any atom is -0.484 e. The number of hydrogen-bond acceptors (Lipinski definition) is 4. The molecule has 0 radical (unpaired) electrons. The first-order chi connectivity index (χ1) is 11.3. The number of carbonyl (C=O) groups is 1. The summed E-state index contributed by atoms with van der Waals surface area (Å²) in [6.07, 6.45) is 0. The summed E-state index contributed by atoms with van der Waals surface area (Å²) in [7, 11) is -4.09. The zero-order valence-electron chi connectivity index (χ0n) is 11.9. The Morgan fingerprint density at radius 3 is 2.42 bits per heavy atom. The first kappa shape index (κ1) is 18.5. The Kier molecular flexibility index (Phi) is 6.00. The van der Waals surface area contributed by atoms with Crippen LogP contribution in [0.25, 0.3) is 0 Å². The predicted molar refractivity (Wildman–Crippen MR) is 86.8 cm³/mol. The molecule has 0 saturated heterocycles. The smallest absolute Gasteiger partial charge is 0.272 e. The lowest BCUT2D eigenvalue weighted by Crippen LogP contribution is -2.43. The van der Waals surface area contributed by atoms with E-state index in [1.165, 1.54) is 0 Å². The van der Waals surface area contributed by atoms with Gasteiger partial charge in [-0.15, -0.1) is 4.83 Å². The average Bonchev–Trinajstić information content (AvgIpc) is 2.55. The van der Waals surface area contributed by atoms with E-state index in [-0.39, 0.29) is 9.92 Å². The minimum absolute atomic E-state index is 0.298. The quantitative estimate of drug-likeness (QED) is 0.739. The van der Waals surface area contributed by atoms with Gasteiger partial charge in [0.1, 0.15) is 11.6 Å². The standard InChI is InChI=1S/C14H11Cl2FN2O4S/c15-9-1-3-10(4-2-9)23-8-14(20)18-19-24(21,22)11-5-6-13(17)12(16)7-11/h1-7,19H,8H2,(H,18,20). The molecule has 2 aromatic carbocycles. The fraction of sp³-hybridized carbons (Fsp3) is 0.0714. The highest BCUT2D eigenvalue weighted by atomic mass is 35.5. The number of carbonyl (C=O) groups excluding carboxylic acids is 1. The molecule has 0 atom stereocenters. The summed E-state index contributed by atoms with van der Waals surface area (Å²) in [5.41, 5.74) is 1.97. The summed E-state index contributed by atoms with van der Waals surface area (Å²) >= 11 is 11.2. The molecular weight excluding hydrogens is 382 g/mol. The Balaban J connectivity index is 1.90. The Bertz CT molecular complexity index is 844. The number of halogens is 3. The summed E-state index contributed by atoms with van der Waals surface area (Å²) in [4.78, 5) is 13.2. The SMILES string of the molecule is O=C(COc1ccc(Cl)cc1)NNS(=O)(=O)c1ccc(F)c(Cl)c1. The minimum atomic E-state index is -4.09. The van der Waals surface area contributed by atoms with Crippen molar-refractivity contribution in [1.29, 1.82) is 0 Å². The van der Waals surface area contributed by atoms with Crippen molar-refractivity contribution in [2.75, 3.05) is 6.61 Å². The van der Waals surface area contributed by atoms with Crippen LogP contribution in [0.5, 0.6) is 5.75 Å². The van der Waals surface area contributed by atoms with Gasteiger partial charge in [0.15, 0.2) is 6.61 Å². The molecule has 2 aromatic rings. The molecule has 2 N–H and O–H groups in total. The van der Waals surface area contributed by atoms with Crippen LogP contribution in [0, 0.1) is 5.82 Å². The van der Waals surface area contributed by atoms with Gasteiger partial charge in [0.25, 0.3) is 15.9 Å². The van der Waals surface area contributed by atoms with E-state index >= 15 is 0 Å². The zero-order valence-corrected chi connectivity index (χ0v) is 14.3. The van der Waals surface area contributed by atoms with Gasteiger partial charge in [-0.05, 0) is 42.5 Å². The van der Waals surface area contributed by atoms with Crippen LogP contribution in [-0.4, -0.2) is 20.9 Å². The lowest BCUT2D eigenvalue weighted by molar-refractivity contribution is -0.123. The van der Waals surface area contributed by atoms with Crippen molar-refractivity contribution in [2.24, 2.45) is 0 Å². The highest BCUT2D eigenvalue weighted by molar-refractivity contribution is 7.89. The Labute approximate surface area is 147 Å². The fourth-order valence-electron chi connectivity index (χ4n) is 1.54. The van der Waals surface area contributed by atoms with Crippen molar-refractivity contribution >= 4 is 39.1 Å². The van der Waals surface area contributed by atoms with Crippen LogP contribution < -0.4 is 15.0 Å². The molecule has 0 aromatic heterocycles. The van der Waals surface area contributed by atoms with Crippen molar-refractivity contribution < 1.29 is 22.3 Å². The first-order valence-electron chi connectivity index (χ1n) is 6.42. The van der Waals surface area contributed by atoms with Gasteiger partial charge < -0.3 is 4.74 Å². The molecule has 0 unspecified atom stereocenters. The lowest BCUT2D eigenvalue weighted by atomic mass is 10.3. The van der Waals surface area contributed by atoms with E-state index in [1.807, 2.05) is 10.3 Å². The Morgan fingerprint density at radius 2 is 1.79 bits per heavy atom. The second kappa shape index (κ2) is 7.80. The van der Waals surface area contributed by atoms with E-state index in [9.17, 15) is 17.6 Å². The molecule has 128 valence electrons. The second-order valence-corrected chi connectivity index (χ2v) is 7.00. The van der Waals surface area contributed by atoms with Crippen LogP contribution in [0.4, 0.5) is 4.39 Å². The number of amides is 1. The molecule has 0 bridgehead atoms. The third-order valence-corrected chi connectivity index (χ3v) is 4.50. The Hall–Kier alpha value is -1.87. The monoisotopic (exact) mass is 392 g/mol. The Morgan fingerprint density at radius 1 is 1.12 bits per heavy atom. The molecule has 0 saturated carbocycles. The van der Waals surface area contributed by atoms with Crippen LogP contribution in [0.1, 0.15) is 0 Å². The van der Waals surface area contributed by atoms with Gasteiger partial charge in [-0.2, -0.15) is 0 Å². The molecule has 1 amide bonds. The topological polar surface area (TPSA) is 84.5 Å². The van der Waals surface area contributed by atoms with Crippen LogP contribution in [0.3, 0.4) is 0 Å². The fourth-order valence-corrected chi connectivity index (χ4v) is 2.80. The molecule has 0 heterocycles. The molecule has 10 heteroatoms. The molecule has 0 aliphatic carbocycles. The second-order valence-electron chi connectivity index (χ2n) is 4.47. The van der Waals surface area contributed by atoms with E-state index in [0.717, 1.165) is 18.2 Å². The van der Waals surface area contributed by atoms with Gasteiger partial charge in [0.05, 0.1) is 9.92 Å². The maximum Gasteiger partial charge on any atom is 0.272 e. The third kappa shape index (κ3) is 5.07. The number of ether oxygens (including phenoxy) is 1. The van der Waals surface area contributed by atoms with Crippen molar-refractivity contribution in [1.82, 2.24) is 10.3 Å².